The number of non-ortho nitro benzene ring substituents is 1. The molecule has 1 aliphatic rings. The first-order chi connectivity index (χ1) is 10.9. The van der Waals surface area contributed by atoms with Crippen LogP contribution in [0.15, 0.2) is 24.3 Å². The Balaban J connectivity index is 0.00000208. The normalized spacial score (nSPS) is 11.4. The molecule has 0 atom stereocenters. The molecule has 24 heavy (non-hydrogen) atoms. The van der Waals surface area contributed by atoms with Gasteiger partial charge in [0.15, 0.2) is 5.75 Å². The molecule has 0 bridgehead atoms. The van der Waals surface area contributed by atoms with Crippen molar-refractivity contribution in [3.63, 3.8) is 0 Å². The van der Waals surface area contributed by atoms with E-state index in [-0.39, 0.29) is 79.0 Å². The van der Waals surface area contributed by atoms with Crippen LogP contribution in [0.1, 0.15) is 21.5 Å². The third kappa shape index (κ3) is 3.67. The van der Waals surface area contributed by atoms with Gasteiger partial charge in [0.05, 0.1) is 22.0 Å². The Kier molecular flexibility index (Phi) is 6.08. The van der Waals surface area contributed by atoms with Crippen LogP contribution in [0.25, 0.3) is 12.2 Å². The van der Waals surface area contributed by atoms with E-state index in [0.29, 0.717) is 10.6 Å². The van der Waals surface area contributed by atoms with Crippen LogP contribution in [-0.2, 0) is 0 Å². The molecule has 0 saturated carbocycles. The Morgan fingerprint density at radius 1 is 1.12 bits per heavy atom. The number of halogens is 2. The van der Waals surface area contributed by atoms with Crippen LogP contribution in [0.4, 0.5) is 5.69 Å². The number of carbonyl (C=O) groups is 1. The Morgan fingerprint density at radius 2 is 1.83 bits per heavy atom. The van der Waals surface area contributed by atoms with Crippen LogP contribution >= 0.6 is 23.2 Å². The number of hydrogen-bond acceptors (Lipinski definition) is 5. The Bertz CT molecular complexity index is 898. The predicted molar refractivity (Wildman–Crippen MR) is 82.9 cm³/mol. The second kappa shape index (κ2) is 7.53. The predicted octanol–water partition coefficient (Wildman–Crippen LogP) is 0.545. The van der Waals surface area contributed by atoms with Crippen molar-refractivity contribution in [3.05, 3.63) is 61.1 Å². The molecule has 1 aliphatic heterocycles. The summed E-state index contributed by atoms with van der Waals surface area (Å²) in [4.78, 5) is 21.6. The molecule has 0 amide bonds. The number of ether oxygens (including phenoxy) is 1. The van der Waals surface area contributed by atoms with Gasteiger partial charge in [-0.05, 0) is 18.2 Å². The molecule has 0 saturated heterocycles. The molecule has 0 unspecified atom stereocenters. The molecule has 116 valence electrons. The molecule has 0 aromatic heterocycles. The van der Waals surface area contributed by atoms with Crippen molar-refractivity contribution in [1.82, 2.24) is 0 Å². The van der Waals surface area contributed by atoms with Crippen LogP contribution in [0.2, 0.25) is 10.0 Å². The zero-order chi connectivity index (χ0) is 16.7. The number of carboxylic acid groups (broad SMARTS) is 1. The summed E-state index contributed by atoms with van der Waals surface area (Å²) in [6, 6.07) is 5.09. The van der Waals surface area contributed by atoms with E-state index in [9.17, 15) is 20.0 Å². The second-order valence-corrected chi connectivity index (χ2v) is 5.53. The fraction of sp³-hybridized carbons (Fsp3) is 0. The third-order valence-corrected chi connectivity index (χ3v) is 3.74. The summed E-state index contributed by atoms with van der Waals surface area (Å²) in [6.45, 7) is 0. The molecule has 0 spiro atoms. The van der Waals surface area contributed by atoms with Crippen molar-refractivity contribution < 1.29 is 70.9 Å². The van der Waals surface area contributed by atoms with Crippen molar-refractivity contribution in [2.45, 2.75) is 0 Å². The van der Waals surface area contributed by atoms with E-state index in [1.807, 2.05) is 0 Å². The number of aromatic carboxylic acids is 1. The van der Waals surface area contributed by atoms with E-state index in [0.717, 1.165) is 12.1 Å². The zero-order valence-electron chi connectivity index (χ0n) is 12.2. The minimum Gasteiger partial charge on any atom is -0.545 e. The van der Waals surface area contributed by atoms with Crippen LogP contribution in [0, 0.1) is 10.1 Å². The van der Waals surface area contributed by atoms with E-state index in [1.165, 1.54) is 12.1 Å². The molecule has 6 nitrogen and oxygen atoms in total. The van der Waals surface area contributed by atoms with Crippen molar-refractivity contribution in [3.8, 4) is 11.5 Å². The largest absolute Gasteiger partial charge is 1.00 e. The van der Waals surface area contributed by atoms with Crippen LogP contribution in [-0.4, -0.2) is 10.9 Å². The fourth-order valence-electron chi connectivity index (χ4n) is 2.24. The first-order valence-electron chi connectivity index (χ1n) is 6.25. The number of carboxylic acids is 1. The van der Waals surface area contributed by atoms with E-state index < -0.39 is 16.6 Å². The van der Waals surface area contributed by atoms with Gasteiger partial charge in [-0.15, -0.1) is 0 Å². The standard InChI is InChI=1S/C15H7Cl2NO5.K/c16-8-3-7-1-2-10-11(15(19)20)5-9(18(21)22)6-13(10)23-14(7)12(17)4-8;/h1-6H,(H,19,20);/q;+1/p-1. The minimum atomic E-state index is -1.55. The van der Waals surface area contributed by atoms with Crippen LogP contribution in [0.5, 0.6) is 11.5 Å². The first-order valence-corrected chi connectivity index (χ1v) is 7.01. The average Bonchev–Trinajstić information content (AvgIpc) is 2.65. The topological polar surface area (TPSA) is 92.5 Å². The maximum absolute atomic E-state index is 11.3. The summed E-state index contributed by atoms with van der Waals surface area (Å²) in [5, 5.41) is 22.8. The average molecular weight is 390 g/mol. The van der Waals surface area contributed by atoms with Gasteiger partial charge in [0.1, 0.15) is 5.75 Å². The van der Waals surface area contributed by atoms with Crippen LogP contribution < -0.4 is 61.2 Å². The molecule has 0 fully saturated rings. The molecule has 3 rings (SSSR count). The van der Waals surface area contributed by atoms with Gasteiger partial charge in [0.25, 0.3) is 5.69 Å². The Morgan fingerprint density at radius 3 is 2.46 bits per heavy atom. The monoisotopic (exact) mass is 389 g/mol. The van der Waals surface area contributed by atoms with E-state index in [1.54, 1.807) is 12.1 Å². The molecule has 9 heteroatoms. The number of rotatable bonds is 2. The maximum Gasteiger partial charge on any atom is 1.00 e. The van der Waals surface area contributed by atoms with Crippen molar-refractivity contribution in [2.75, 3.05) is 0 Å². The number of hydrogen-bond donors (Lipinski definition) is 0. The molecule has 1 heterocycles. The second-order valence-electron chi connectivity index (χ2n) is 4.69. The van der Waals surface area contributed by atoms with Gasteiger partial charge >= 0.3 is 51.4 Å². The van der Waals surface area contributed by atoms with Gasteiger partial charge in [0.2, 0.25) is 0 Å². The number of nitro benzene ring substituents is 1. The summed E-state index contributed by atoms with van der Waals surface area (Å²) in [5.74, 6) is -1.32. The van der Waals surface area contributed by atoms with Crippen molar-refractivity contribution in [1.29, 1.82) is 0 Å². The molecule has 2 aromatic carbocycles. The summed E-state index contributed by atoms with van der Waals surface area (Å²) in [7, 11) is 0. The smallest absolute Gasteiger partial charge is 0.545 e. The Labute approximate surface area is 188 Å². The maximum atomic E-state index is 11.3. The van der Waals surface area contributed by atoms with Gasteiger partial charge in [-0.3, -0.25) is 10.1 Å². The fourth-order valence-corrected chi connectivity index (χ4v) is 2.79. The molecular weight excluding hydrogens is 384 g/mol. The minimum absolute atomic E-state index is 0. The van der Waals surface area contributed by atoms with E-state index in [2.05, 4.69) is 0 Å². The molecule has 0 N–H and O–H groups in total. The van der Waals surface area contributed by atoms with Crippen molar-refractivity contribution in [2.24, 2.45) is 0 Å². The molecule has 0 radical (unpaired) electrons. The quantitative estimate of drug-likeness (QED) is 0.362. The Hall–Kier alpha value is -0.934. The number of carbonyl (C=O) groups excluding carboxylic acids is 1. The number of benzene rings is 2. The van der Waals surface area contributed by atoms with E-state index in [4.69, 9.17) is 27.9 Å². The van der Waals surface area contributed by atoms with Crippen LogP contribution in [0.3, 0.4) is 0 Å². The number of nitro groups is 1. The summed E-state index contributed by atoms with van der Waals surface area (Å²) < 4.78 is 5.62. The summed E-state index contributed by atoms with van der Waals surface area (Å²) in [6.07, 6.45) is 3.03. The summed E-state index contributed by atoms with van der Waals surface area (Å²) >= 11 is 12.0. The molecule has 0 aliphatic carbocycles. The molecular formula is C15H6Cl2KNO5. The number of nitrogens with zero attached hydrogens (tertiary/aromatic N) is 1. The van der Waals surface area contributed by atoms with Gasteiger partial charge in [-0.25, -0.2) is 0 Å². The number of fused-ring (bicyclic) bond motifs is 2. The van der Waals surface area contributed by atoms with Gasteiger partial charge in [-0.1, -0.05) is 29.3 Å². The SMILES string of the molecule is O=C([O-])c1cc([N+](=O)[O-])cc2c1C=Cc1cc(Cl)cc(Cl)c1O2.[K+]. The van der Waals surface area contributed by atoms with E-state index >= 15 is 0 Å². The van der Waals surface area contributed by atoms with Gasteiger partial charge < -0.3 is 14.6 Å². The van der Waals surface area contributed by atoms with Crippen molar-refractivity contribution >= 4 is 47.0 Å². The van der Waals surface area contributed by atoms with Gasteiger partial charge in [-0.2, -0.15) is 0 Å². The third-order valence-electron chi connectivity index (χ3n) is 3.24. The first kappa shape index (κ1) is 19.4. The van der Waals surface area contributed by atoms with Gasteiger partial charge in [0, 0.05) is 27.8 Å². The zero-order valence-corrected chi connectivity index (χ0v) is 16.8. The molecule has 2 aromatic rings. The summed E-state index contributed by atoms with van der Waals surface area (Å²) in [5.41, 5.74) is -0.102.